The molecule has 6 aromatic rings. The lowest BCUT2D eigenvalue weighted by Gasteiger charge is -2.45. The Morgan fingerprint density at radius 3 is 1.52 bits per heavy atom. The molecule has 334 valence electrons. The predicted octanol–water partition coefficient (Wildman–Crippen LogP) is 9.26. The number of halogens is 3. The van der Waals surface area contributed by atoms with Crippen LogP contribution in [0.3, 0.4) is 0 Å². The summed E-state index contributed by atoms with van der Waals surface area (Å²) in [5.74, 6) is -3.39. The average molecular weight is 905 g/mol. The number of aliphatic hydroxyl groups is 1. The standard InChI is InChI=1S/C51H43ClF2O11/c1-31(60-47(56)35-14-6-2-7-15-35)43-44(62-48(57)36-16-8-3-9-17-36)45(63-49(58)37-18-10-4-11-19-37)46(64-50(59)38-20-12-5-13-21-38)51(65-43)61-41-28-34(30-55)27-40(52)39(41)26-32-22-24-33(25-23-32)29-42(53)54/h2-25,27-28,31,42-46,51,55H,26,29-30H2,1H3/t31-,43-,44-,45+,46-,51-/m1/s1. The molecular formula is C51H43ClF2O11. The van der Waals surface area contributed by atoms with Crippen LogP contribution < -0.4 is 4.74 Å². The highest BCUT2D eigenvalue weighted by Crippen LogP contribution is 2.38. The van der Waals surface area contributed by atoms with Gasteiger partial charge in [-0.25, -0.2) is 28.0 Å². The molecule has 7 rings (SSSR count). The maximum atomic E-state index is 14.1. The van der Waals surface area contributed by atoms with Crippen LogP contribution in [0.15, 0.2) is 158 Å². The van der Waals surface area contributed by atoms with E-state index in [1.54, 1.807) is 109 Å². The van der Waals surface area contributed by atoms with Gasteiger partial charge in [0, 0.05) is 23.4 Å². The molecule has 0 aromatic heterocycles. The van der Waals surface area contributed by atoms with Crippen molar-refractivity contribution in [2.24, 2.45) is 0 Å². The molecular weight excluding hydrogens is 862 g/mol. The smallest absolute Gasteiger partial charge is 0.338 e. The molecule has 1 heterocycles. The molecule has 1 aliphatic rings. The van der Waals surface area contributed by atoms with Gasteiger partial charge in [0.15, 0.2) is 12.2 Å². The third kappa shape index (κ3) is 11.8. The zero-order valence-electron chi connectivity index (χ0n) is 34.8. The number of carbonyl (C=O) groups excluding carboxylic acids is 4. The van der Waals surface area contributed by atoms with Gasteiger partial charge in [-0.1, -0.05) is 109 Å². The molecule has 0 bridgehead atoms. The fraction of sp³-hybridized carbons (Fsp3) is 0.216. The summed E-state index contributed by atoms with van der Waals surface area (Å²) in [6, 6.07) is 41.5. The second-order valence-corrected chi connectivity index (χ2v) is 15.5. The van der Waals surface area contributed by atoms with Gasteiger partial charge in [-0.15, -0.1) is 0 Å². The fourth-order valence-electron chi connectivity index (χ4n) is 7.21. The summed E-state index contributed by atoms with van der Waals surface area (Å²) < 4.78 is 64.2. The van der Waals surface area contributed by atoms with Crippen molar-refractivity contribution in [2.75, 3.05) is 0 Å². The summed E-state index contributed by atoms with van der Waals surface area (Å²) in [4.78, 5) is 55.8. The van der Waals surface area contributed by atoms with Gasteiger partial charge in [-0.3, -0.25) is 0 Å². The number of aliphatic hydroxyl groups excluding tert-OH is 1. The lowest BCUT2D eigenvalue weighted by Crippen LogP contribution is -2.65. The second-order valence-electron chi connectivity index (χ2n) is 15.1. The lowest BCUT2D eigenvalue weighted by atomic mass is 9.94. The number of hydrogen-bond donors (Lipinski definition) is 1. The molecule has 65 heavy (non-hydrogen) atoms. The Bertz CT molecular complexity index is 2550. The first kappa shape index (κ1) is 46.1. The van der Waals surface area contributed by atoms with Crippen LogP contribution in [-0.4, -0.2) is 72.2 Å². The van der Waals surface area contributed by atoms with Crippen molar-refractivity contribution in [1.29, 1.82) is 0 Å². The average Bonchev–Trinajstić information content (AvgIpc) is 3.32. The first-order valence-corrected chi connectivity index (χ1v) is 21.0. The van der Waals surface area contributed by atoms with Gasteiger partial charge in [-0.2, -0.15) is 0 Å². The van der Waals surface area contributed by atoms with E-state index >= 15 is 0 Å². The van der Waals surface area contributed by atoms with E-state index in [1.165, 1.54) is 55.5 Å². The first-order chi connectivity index (χ1) is 31.5. The van der Waals surface area contributed by atoms with Crippen molar-refractivity contribution in [3.63, 3.8) is 0 Å². The third-order valence-corrected chi connectivity index (χ3v) is 10.8. The molecule has 0 saturated carbocycles. The Morgan fingerprint density at radius 2 is 1.05 bits per heavy atom. The molecule has 0 radical (unpaired) electrons. The molecule has 0 aliphatic carbocycles. The molecule has 14 heteroatoms. The van der Waals surface area contributed by atoms with Crippen molar-refractivity contribution in [3.8, 4) is 5.75 Å². The van der Waals surface area contributed by atoms with Gasteiger partial charge in [0.05, 0.1) is 28.9 Å². The second kappa shape index (κ2) is 21.6. The van der Waals surface area contributed by atoms with E-state index < -0.39 is 80.1 Å². The van der Waals surface area contributed by atoms with E-state index in [0.29, 0.717) is 22.3 Å². The third-order valence-electron chi connectivity index (χ3n) is 10.5. The zero-order valence-corrected chi connectivity index (χ0v) is 35.6. The molecule has 1 saturated heterocycles. The quantitative estimate of drug-likeness (QED) is 0.0733. The minimum absolute atomic E-state index is 0.0320. The SMILES string of the molecule is C[C@@H](OC(=O)c1ccccc1)[C@H]1O[C@@H](Oc2cc(CO)cc(Cl)c2Cc2ccc(CC(F)F)cc2)[C@H](OC(=O)c2ccccc2)[C@@H](OC(=O)c2ccccc2)[C@@H]1OC(=O)c1ccccc1. The summed E-state index contributed by atoms with van der Waals surface area (Å²) >= 11 is 6.88. The van der Waals surface area contributed by atoms with Gasteiger partial charge in [0.25, 0.3) is 0 Å². The monoisotopic (exact) mass is 904 g/mol. The number of esters is 4. The van der Waals surface area contributed by atoms with E-state index in [-0.39, 0.29) is 39.4 Å². The van der Waals surface area contributed by atoms with Crippen LogP contribution in [0.25, 0.3) is 0 Å². The van der Waals surface area contributed by atoms with Crippen LogP contribution in [0.2, 0.25) is 5.02 Å². The van der Waals surface area contributed by atoms with Gasteiger partial charge in [-0.05, 0) is 84.3 Å². The minimum atomic E-state index is -2.54. The Hall–Kier alpha value is -6.93. The van der Waals surface area contributed by atoms with E-state index in [2.05, 4.69) is 0 Å². The first-order valence-electron chi connectivity index (χ1n) is 20.6. The molecule has 6 atom stereocenters. The number of benzene rings is 6. The number of hydrogen-bond acceptors (Lipinski definition) is 11. The Balaban J connectivity index is 1.36. The predicted molar refractivity (Wildman–Crippen MR) is 234 cm³/mol. The van der Waals surface area contributed by atoms with Gasteiger partial charge in [0.2, 0.25) is 18.8 Å². The van der Waals surface area contributed by atoms with Gasteiger partial charge in [0.1, 0.15) is 18.0 Å². The summed E-state index contributed by atoms with van der Waals surface area (Å²) in [5, 5.41) is 10.4. The number of rotatable bonds is 16. The van der Waals surface area contributed by atoms with Crippen LogP contribution in [0, 0.1) is 0 Å². The van der Waals surface area contributed by atoms with Crippen molar-refractivity contribution in [3.05, 3.63) is 207 Å². The van der Waals surface area contributed by atoms with Crippen molar-refractivity contribution >= 4 is 35.5 Å². The largest absolute Gasteiger partial charge is 0.460 e. The van der Waals surface area contributed by atoms with E-state index in [1.807, 2.05) is 0 Å². The zero-order chi connectivity index (χ0) is 45.9. The van der Waals surface area contributed by atoms with E-state index in [4.69, 9.17) is 40.0 Å². The van der Waals surface area contributed by atoms with E-state index in [0.717, 1.165) is 0 Å². The van der Waals surface area contributed by atoms with Crippen molar-refractivity contribution < 1.29 is 61.5 Å². The Morgan fingerprint density at radius 1 is 0.600 bits per heavy atom. The lowest BCUT2D eigenvalue weighted by molar-refractivity contribution is -0.284. The van der Waals surface area contributed by atoms with Crippen LogP contribution in [0.5, 0.6) is 5.75 Å². The summed E-state index contributed by atoms with van der Waals surface area (Å²) in [6.45, 7) is 1.02. The molecule has 1 fully saturated rings. The molecule has 1 aliphatic heterocycles. The number of carbonyl (C=O) groups is 4. The highest BCUT2D eigenvalue weighted by Gasteiger charge is 2.56. The van der Waals surface area contributed by atoms with Gasteiger partial charge >= 0.3 is 23.9 Å². The fourth-order valence-corrected chi connectivity index (χ4v) is 7.51. The normalized spacial score (nSPS) is 18.5. The molecule has 0 amide bonds. The van der Waals surface area contributed by atoms with Crippen LogP contribution >= 0.6 is 11.6 Å². The molecule has 1 N–H and O–H groups in total. The molecule has 0 spiro atoms. The van der Waals surface area contributed by atoms with E-state index in [9.17, 15) is 33.1 Å². The van der Waals surface area contributed by atoms with Crippen molar-refractivity contribution in [1.82, 2.24) is 0 Å². The Labute approximate surface area is 378 Å². The van der Waals surface area contributed by atoms with Crippen LogP contribution in [-0.2, 0) is 43.1 Å². The summed E-state index contributed by atoms with van der Waals surface area (Å²) in [5.41, 5.74) is 2.28. The minimum Gasteiger partial charge on any atom is -0.460 e. The Kier molecular flexibility index (Phi) is 15.3. The molecule has 11 nitrogen and oxygen atoms in total. The topological polar surface area (TPSA) is 144 Å². The highest BCUT2D eigenvalue weighted by molar-refractivity contribution is 6.31. The van der Waals surface area contributed by atoms with Crippen molar-refractivity contribution in [2.45, 2.75) is 69.6 Å². The molecule has 6 aromatic carbocycles. The number of ether oxygens (including phenoxy) is 6. The van der Waals surface area contributed by atoms with Gasteiger partial charge < -0.3 is 33.5 Å². The summed E-state index contributed by atoms with van der Waals surface area (Å²) in [7, 11) is 0. The van der Waals surface area contributed by atoms with Crippen LogP contribution in [0.1, 0.15) is 70.6 Å². The highest BCUT2D eigenvalue weighted by atomic mass is 35.5. The maximum Gasteiger partial charge on any atom is 0.338 e. The molecule has 0 unspecified atom stereocenters. The van der Waals surface area contributed by atoms with Crippen LogP contribution in [0.4, 0.5) is 8.78 Å². The number of alkyl halides is 2. The maximum absolute atomic E-state index is 14.1. The summed E-state index contributed by atoms with van der Waals surface area (Å²) in [6.07, 6.45) is -12.4.